The minimum Gasteiger partial charge on any atom is -0.406 e. The second-order valence-electron chi connectivity index (χ2n) is 10.8. The molecule has 0 saturated carbocycles. The zero-order valence-corrected chi connectivity index (χ0v) is 26.0. The molecule has 0 radical (unpaired) electrons. The average Bonchev–Trinajstić information content (AvgIpc) is 3.48. The number of hydrogen-bond donors (Lipinski definition) is 2. The van der Waals surface area contributed by atoms with Gasteiger partial charge in [-0.2, -0.15) is 0 Å². The SMILES string of the molecule is CC(F)(F)c1cccc(-c2csc(NC(=O)NC(Cc3ccccc3)(c3cccc(OC(F)(F)F)c3)c3cccc(OC(F)(F)F)c3)n2)c1. The molecule has 0 bridgehead atoms. The van der Waals surface area contributed by atoms with Crippen LogP contribution in [0.2, 0.25) is 0 Å². The van der Waals surface area contributed by atoms with Gasteiger partial charge < -0.3 is 14.8 Å². The van der Waals surface area contributed by atoms with Gasteiger partial charge in [-0.25, -0.2) is 18.6 Å². The van der Waals surface area contributed by atoms with Gasteiger partial charge in [0.2, 0.25) is 0 Å². The highest BCUT2D eigenvalue weighted by Gasteiger charge is 2.39. The number of alkyl halides is 8. The number of nitrogens with one attached hydrogen (secondary N) is 2. The second-order valence-corrected chi connectivity index (χ2v) is 11.7. The first kappa shape index (κ1) is 35.1. The van der Waals surface area contributed by atoms with E-state index < -0.39 is 41.7 Å². The summed E-state index contributed by atoms with van der Waals surface area (Å²) < 4.78 is 116. The summed E-state index contributed by atoms with van der Waals surface area (Å²) >= 11 is 0.965. The van der Waals surface area contributed by atoms with Crippen LogP contribution in [0.25, 0.3) is 11.3 Å². The quantitative estimate of drug-likeness (QED) is 0.142. The zero-order chi connectivity index (χ0) is 35.5. The highest BCUT2D eigenvalue weighted by atomic mass is 32.1. The van der Waals surface area contributed by atoms with Crippen molar-refractivity contribution in [2.45, 2.75) is 37.5 Å². The average molecular weight is 708 g/mol. The fraction of sp³-hybridized carbons (Fsp3) is 0.176. The first-order valence-corrected chi connectivity index (χ1v) is 15.2. The predicted molar refractivity (Wildman–Crippen MR) is 166 cm³/mol. The monoisotopic (exact) mass is 707 g/mol. The van der Waals surface area contributed by atoms with Gasteiger partial charge >= 0.3 is 18.8 Å². The van der Waals surface area contributed by atoms with Gasteiger partial charge in [-0.3, -0.25) is 5.32 Å². The molecule has 0 unspecified atom stereocenters. The van der Waals surface area contributed by atoms with Crippen LogP contribution < -0.4 is 20.1 Å². The molecule has 2 amide bonds. The van der Waals surface area contributed by atoms with Gasteiger partial charge in [0, 0.05) is 29.9 Å². The minimum atomic E-state index is -5.07. The number of nitrogens with zero attached hydrogens (tertiary/aromatic N) is 1. The van der Waals surface area contributed by atoms with Gasteiger partial charge in [0.25, 0.3) is 5.92 Å². The number of rotatable bonds is 10. The van der Waals surface area contributed by atoms with Crippen molar-refractivity contribution in [2.75, 3.05) is 5.32 Å². The van der Waals surface area contributed by atoms with E-state index in [2.05, 4.69) is 25.1 Å². The van der Waals surface area contributed by atoms with Crippen molar-refractivity contribution in [3.8, 4) is 22.8 Å². The lowest BCUT2D eigenvalue weighted by molar-refractivity contribution is -0.275. The van der Waals surface area contributed by atoms with E-state index in [1.165, 1.54) is 47.8 Å². The molecule has 2 N–H and O–H groups in total. The molecule has 5 rings (SSSR count). The van der Waals surface area contributed by atoms with Crippen molar-refractivity contribution in [3.05, 3.63) is 131 Å². The summed E-state index contributed by atoms with van der Waals surface area (Å²) in [5.74, 6) is -4.39. The predicted octanol–water partition coefficient (Wildman–Crippen LogP) is 10.0. The third-order valence-electron chi connectivity index (χ3n) is 7.15. The zero-order valence-electron chi connectivity index (χ0n) is 25.2. The Balaban J connectivity index is 1.58. The maximum Gasteiger partial charge on any atom is 0.573 e. The number of halogens is 8. The Labute approximate surface area is 278 Å². The molecule has 1 aromatic heterocycles. The number of benzene rings is 4. The summed E-state index contributed by atoms with van der Waals surface area (Å²) in [6.45, 7) is 0.752. The second kappa shape index (κ2) is 13.7. The van der Waals surface area contributed by atoms with Crippen LogP contribution in [-0.2, 0) is 17.9 Å². The smallest absolute Gasteiger partial charge is 0.406 e. The van der Waals surface area contributed by atoms with E-state index in [1.807, 2.05) is 0 Å². The van der Waals surface area contributed by atoms with E-state index in [1.54, 1.807) is 36.4 Å². The van der Waals surface area contributed by atoms with Crippen LogP contribution in [0, 0.1) is 0 Å². The van der Waals surface area contributed by atoms with Gasteiger partial charge in [0.05, 0.1) is 11.2 Å². The van der Waals surface area contributed by atoms with Crippen LogP contribution >= 0.6 is 11.3 Å². The van der Waals surface area contributed by atoms with E-state index in [0.717, 1.165) is 42.5 Å². The van der Waals surface area contributed by atoms with Gasteiger partial charge in [-0.05, 0) is 47.0 Å². The summed E-state index contributed by atoms with van der Waals surface area (Å²) in [6, 6.07) is 22.4. The van der Waals surface area contributed by atoms with Gasteiger partial charge in [-0.1, -0.05) is 72.8 Å². The van der Waals surface area contributed by atoms with Crippen molar-refractivity contribution in [1.29, 1.82) is 0 Å². The largest absolute Gasteiger partial charge is 0.573 e. The number of thiazole rings is 1. The summed E-state index contributed by atoms with van der Waals surface area (Å²) in [6.07, 6.45) is -10.3. The Morgan fingerprint density at radius 2 is 1.27 bits per heavy atom. The molecular weight excluding hydrogens is 682 g/mol. The molecule has 5 aromatic rings. The molecule has 0 aliphatic rings. The minimum absolute atomic E-state index is 0.0227. The lowest BCUT2D eigenvalue weighted by Crippen LogP contribution is -2.50. The van der Waals surface area contributed by atoms with Crippen molar-refractivity contribution < 1.29 is 49.4 Å². The molecule has 0 aliphatic carbocycles. The standard InChI is InChI=1S/C34H25F8N3O3S/c1-31(35,36)23-11-5-10-22(16-23)28-20-49-30(43-28)44-29(46)45-32(19-21-8-3-2-4-9-21,24-12-6-14-26(17-24)47-33(37,38)39)25-13-7-15-27(18-25)48-34(40,41)42/h2-18,20H,19H2,1H3,(H2,43,44,45,46). The molecule has 256 valence electrons. The number of urea groups is 1. The van der Waals surface area contributed by atoms with E-state index >= 15 is 0 Å². The topological polar surface area (TPSA) is 72.5 Å². The molecule has 6 nitrogen and oxygen atoms in total. The van der Waals surface area contributed by atoms with Crippen molar-refractivity contribution in [2.24, 2.45) is 0 Å². The molecule has 0 fully saturated rings. The molecule has 1 heterocycles. The van der Waals surface area contributed by atoms with Crippen LogP contribution in [0.1, 0.15) is 29.2 Å². The maximum atomic E-state index is 13.9. The number of anilines is 1. The molecule has 0 saturated heterocycles. The molecule has 15 heteroatoms. The third kappa shape index (κ3) is 9.25. The first-order valence-electron chi connectivity index (χ1n) is 14.3. The number of aromatic nitrogens is 1. The van der Waals surface area contributed by atoms with Crippen LogP contribution in [-0.4, -0.2) is 23.7 Å². The molecule has 0 atom stereocenters. The number of ether oxygens (including phenoxy) is 2. The normalized spacial score (nSPS) is 12.3. The van der Waals surface area contributed by atoms with Gasteiger partial charge in [0.1, 0.15) is 11.5 Å². The summed E-state index contributed by atoms with van der Waals surface area (Å²) in [5.41, 5.74) is -0.853. The first-order chi connectivity index (χ1) is 23.0. The highest BCUT2D eigenvalue weighted by molar-refractivity contribution is 7.14. The van der Waals surface area contributed by atoms with E-state index in [0.29, 0.717) is 11.1 Å². The van der Waals surface area contributed by atoms with Crippen molar-refractivity contribution >= 4 is 22.5 Å². The van der Waals surface area contributed by atoms with Crippen molar-refractivity contribution in [1.82, 2.24) is 10.3 Å². The molecule has 4 aromatic carbocycles. The fourth-order valence-electron chi connectivity index (χ4n) is 5.12. The molecule has 0 aliphatic heterocycles. The number of amides is 2. The maximum absolute atomic E-state index is 13.9. The summed E-state index contributed by atoms with van der Waals surface area (Å²) in [7, 11) is 0. The van der Waals surface area contributed by atoms with E-state index in [-0.39, 0.29) is 33.9 Å². The Bertz CT molecular complexity index is 1850. The molecule has 0 spiro atoms. The highest BCUT2D eigenvalue weighted by Crippen LogP contribution is 2.39. The lowest BCUT2D eigenvalue weighted by Gasteiger charge is -2.37. The Hall–Kier alpha value is -5.18. The number of carbonyl (C=O) groups is 1. The number of carbonyl (C=O) groups excluding carboxylic acids is 1. The van der Waals surface area contributed by atoms with Crippen LogP contribution in [0.3, 0.4) is 0 Å². The Morgan fingerprint density at radius 1 is 0.714 bits per heavy atom. The summed E-state index contributed by atoms with van der Waals surface area (Å²) in [5, 5.41) is 6.86. The van der Waals surface area contributed by atoms with Crippen molar-refractivity contribution in [3.63, 3.8) is 0 Å². The molecule has 49 heavy (non-hydrogen) atoms. The van der Waals surface area contributed by atoms with Gasteiger partial charge in [-0.15, -0.1) is 37.7 Å². The Morgan fingerprint density at radius 3 is 1.82 bits per heavy atom. The molecular formula is C34H25F8N3O3S. The summed E-state index contributed by atoms with van der Waals surface area (Å²) in [4.78, 5) is 18.1. The third-order valence-corrected chi connectivity index (χ3v) is 7.91. The lowest BCUT2D eigenvalue weighted by atomic mass is 9.77. The van der Waals surface area contributed by atoms with Crippen LogP contribution in [0.15, 0.2) is 109 Å². The van der Waals surface area contributed by atoms with E-state index in [4.69, 9.17) is 0 Å². The van der Waals surface area contributed by atoms with E-state index in [9.17, 15) is 39.9 Å². The fourth-order valence-corrected chi connectivity index (χ4v) is 5.83. The Kier molecular flexibility index (Phi) is 9.85. The van der Waals surface area contributed by atoms with Crippen LogP contribution in [0.4, 0.5) is 45.0 Å². The van der Waals surface area contributed by atoms with Gasteiger partial charge in [0.15, 0.2) is 5.13 Å². The number of hydrogen-bond acceptors (Lipinski definition) is 5. The van der Waals surface area contributed by atoms with Crippen LogP contribution in [0.5, 0.6) is 11.5 Å².